The maximum absolute atomic E-state index is 12.0. The highest BCUT2D eigenvalue weighted by Crippen LogP contribution is 2.17. The number of imide groups is 1. The Labute approximate surface area is 98.6 Å². The largest absolute Gasteiger partial charge is 0.497 e. The third-order valence-corrected chi connectivity index (χ3v) is 2.76. The molecule has 5 nitrogen and oxygen atoms in total. The third kappa shape index (κ3) is 2.14. The van der Waals surface area contributed by atoms with E-state index in [1.807, 2.05) is 0 Å². The molecule has 2 rings (SSSR count). The van der Waals surface area contributed by atoms with Crippen molar-refractivity contribution in [2.45, 2.75) is 12.5 Å². The van der Waals surface area contributed by atoms with Crippen LogP contribution >= 0.6 is 0 Å². The van der Waals surface area contributed by atoms with Gasteiger partial charge in [0.25, 0.3) is 11.8 Å². The predicted octanol–water partition coefficient (Wildman–Crippen LogP) is 0.429. The molecule has 0 aromatic heterocycles. The number of nitrogens with zero attached hydrogens (tertiary/aromatic N) is 1. The lowest BCUT2D eigenvalue weighted by atomic mass is 10.2. The summed E-state index contributed by atoms with van der Waals surface area (Å²) in [5, 5.41) is 9.28. The number of hydrogen-bond acceptors (Lipinski definition) is 4. The zero-order valence-corrected chi connectivity index (χ0v) is 9.42. The molecule has 0 spiro atoms. The van der Waals surface area contributed by atoms with E-state index in [9.17, 15) is 14.7 Å². The quantitative estimate of drug-likeness (QED) is 0.755. The van der Waals surface area contributed by atoms with Crippen molar-refractivity contribution in [3.63, 3.8) is 0 Å². The molecule has 0 bridgehead atoms. The molecule has 1 unspecified atom stereocenters. The van der Waals surface area contributed by atoms with Crippen LogP contribution in [0.25, 0.3) is 0 Å². The molecular formula is C12H13NO4. The fraction of sp³-hybridized carbons (Fsp3) is 0.333. The first-order valence-electron chi connectivity index (χ1n) is 5.31. The Bertz CT molecular complexity index is 440. The Morgan fingerprint density at radius 3 is 2.53 bits per heavy atom. The van der Waals surface area contributed by atoms with Crippen LogP contribution in [0.2, 0.25) is 0 Å². The van der Waals surface area contributed by atoms with Gasteiger partial charge in [0.05, 0.1) is 7.11 Å². The summed E-state index contributed by atoms with van der Waals surface area (Å²) < 4.78 is 4.98. The van der Waals surface area contributed by atoms with Gasteiger partial charge in [0.15, 0.2) is 0 Å². The normalized spacial score (nSPS) is 19.5. The molecule has 1 aromatic carbocycles. The van der Waals surface area contributed by atoms with Crippen LogP contribution in [0.5, 0.6) is 5.75 Å². The Hall–Kier alpha value is -1.88. The summed E-state index contributed by atoms with van der Waals surface area (Å²) in [4.78, 5) is 24.5. The average molecular weight is 235 g/mol. The highest BCUT2D eigenvalue weighted by Gasteiger charge is 2.34. The molecule has 1 heterocycles. The van der Waals surface area contributed by atoms with Crippen LogP contribution in [-0.2, 0) is 4.79 Å². The Kier molecular flexibility index (Phi) is 3.10. The molecule has 1 saturated heterocycles. The lowest BCUT2D eigenvalue weighted by molar-refractivity contribution is -0.132. The van der Waals surface area contributed by atoms with Crippen LogP contribution in [0, 0.1) is 0 Å². The van der Waals surface area contributed by atoms with Gasteiger partial charge in [-0.1, -0.05) is 0 Å². The van der Waals surface area contributed by atoms with Crippen LogP contribution < -0.4 is 4.74 Å². The van der Waals surface area contributed by atoms with E-state index >= 15 is 0 Å². The topological polar surface area (TPSA) is 66.8 Å². The summed E-state index contributed by atoms with van der Waals surface area (Å²) in [5.41, 5.74) is 0.410. The van der Waals surface area contributed by atoms with E-state index in [2.05, 4.69) is 0 Å². The SMILES string of the molecule is COc1ccc(C(=O)N2CCC(O)C2=O)cc1. The number of hydrogen-bond donors (Lipinski definition) is 1. The highest BCUT2D eigenvalue weighted by molar-refractivity contribution is 6.06. The second-order valence-corrected chi connectivity index (χ2v) is 3.83. The van der Waals surface area contributed by atoms with Crippen molar-refractivity contribution in [3.05, 3.63) is 29.8 Å². The predicted molar refractivity (Wildman–Crippen MR) is 59.7 cm³/mol. The number of amides is 2. The molecule has 0 aliphatic carbocycles. The number of carbonyl (C=O) groups excluding carboxylic acids is 2. The van der Waals surface area contributed by atoms with Crippen LogP contribution in [0.3, 0.4) is 0 Å². The van der Waals surface area contributed by atoms with Gasteiger partial charge in [0.1, 0.15) is 11.9 Å². The van der Waals surface area contributed by atoms with Gasteiger partial charge in [-0.25, -0.2) is 0 Å². The zero-order chi connectivity index (χ0) is 12.4. The maximum Gasteiger partial charge on any atom is 0.260 e. The molecule has 1 fully saturated rings. The number of aliphatic hydroxyl groups is 1. The van der Waals surface area contributed by atoms with Crippen molar-refractivity contribution in [3.8, 4) is 5.75 Å². The molecule has 17 heavy (non-hydrogen) atoms. The smallest absolute Gasteiger partial charge is 0.260 e. The standard InChI is InChI=1S/C12H13NO4/c1-17-9-4-2-8(3-5-9)11(15)13-7-6-10(14)12(13)16/h2-5,10,14H,6-7H2,1H3. The number of methoxy groups -OCH3 is 1. The van der Waals surface area contributed by atoms with Crippen LogP contribution in [0.1, 0.15) is 16.8 Å². The van der Waals surface area contributed by atoms with Crippen LogP contribution in [-0.4, -0.2) is 41.6 Å². The summed E-state index contributed by atoms with van der Waals surface area (Å²) in [6, 6.07) is 6.51. The van der Waals surface area contributed by atoms with Gasteiger partial charge in [-0.15, -0.1) is 0 Å². The molecule has 1 atom stereocenters. The summed E-state index contributed by atoms with van der Waals surface area (Å²) in [7, 11) is 1.54. The van der Waals surface area contributed by atoms with Gasteiger partial charge in [0, 0.05) is 18.5 Å². The van der Waals surface area contributed by atoms with Crippen molar-refractivity contribution in [2.75, 3.05) is 13.7 Å². The molecule has 0 saturated carbocycles. The van der Waals surface area contributed by atoms with Gasteiger partial charge >= 0.3 is 0 Å². The lowest BCUT2D eigenvalue weighted by Crippen LogP contribution is -2.35. The lowest BCUT2D eigenvalue weighted by Gasteiger charge is -2.13. The minimum Gasteiger partial charge on any atom is -0.497 e. The molecule has 1 N–H and O–H groups in total. The van der Waals surface area contributed by atoms with E-state index in [4.69, 9.17) is 4.74 Å². The fourth-order valence-corrected chi connectivity index (χ4v) is 1.76. The highest BCUT2D eigenvalue weighted by atomic mass is 16.5. The number of aliphatic hydroxyl groups excluding tert-OH is 1. The second kappa shape index (κ2) is 4.55. The number of likely N-dealkylation sites (tertiary alicyclic amines) is 1. The maximum atomic E-state index is 12.0. The fourth-order valence-electron chi connectivity index (χ4n) is 1.76. The number of benzene rings is 1. The summed E-state index contributed by atoms with van der Waals surface area (Å²) >= 11 is 0. The summed E-state index contributed by atoms with van der Waals surface area (Å²) in [6.07, 6.45) is -0.738. The average Bonchev–Trinajstić information content (AvgIpc) is 2.69. The van der Waals surface area contributed by atoms with Crippen LogP contribution in [0.4, 0.5) is 0 Å². The molecular weight excluding hydrogens is 222 g/mol. The molecule has 5 heteroatoms. The van der Waals surface area contributed by atoms with E-state index in [1.165, 1.54) is 7.11 Å². The molecule has 90 valence electrons. The first-order chi connectivity index (χ1) is 8.13. The first-order valence-corrected chi connectivity index (χ1v) is 5.31. The van der Waals surface area contributed by atoms with E-state index in [-0.39, 0.29) is 12.5 Å². The monoisotopic (exact) mass is 235 g/mol. The third-order valence-electron chi connectivity index (χ3n) is 2.76. The van der Waals surface area contributed by atoms with Crippen molar-refractivity contribution >= 4 is 11.8 Å². The van der Waals surface area contributed by atoms with E-state index in [0.29, 0.717) is 17.7 Å². The van der Waals surface area contributed by atoms with Crippen molar-refractivity contribution in [2.24, 2.45) is 0 Å². The van der Waals surface area contributed by atoms with Crippen molar-refractivity contribution < 1.29 is 19.4 Å². The Balaban J connectivity index is 2.17. The van der Waals surface area contributed by atoms with Gasteiger partial charge < -0.3 is 9.84 Å². The van der Waals surface area contributed by atoms with E-state index in [0.717, 1.165) is 4.90 Å². The van der Waals surface area contributed by atoms with Gasteiger partial charge in [-0.2, -0.15) is 0 Å². The van der Waals surface area contributed by atoms with Gasteiger partial charge in [0.2, 0.25) is 0 Å². The van der Waals surface area contributed by atoms with Crippen molar-refractivity contribution in [1.29, 1.82) is 0 Å². The minimum atomic E-state index is -1.04. The number of rotatable bonds is 2. The molecule has 0 radical (unpaired) electrons. The molecule has 1 aliphatic heterocycles. The Morgan fingerprint density at radius 2 is 2.06 bits per heavy atom. The summed E-state index contributed by atoms with van der Waals surface area (Å²) in [6.45, 7) is 0.269. The van der Waals surface area contributed by atoms with Crippen molar-refractivity contribution in [1.82, 2.24) is 4.90 Å². The minimum absolute atomic E-state index is 0.269. The molecule has 1 aliphatic rings. The zero-order valence-electron chi connectivity index (χ0n) is 9.42. The van der Waals surface area contributed by atoms with E-state index < -0.39 is 12.0 Å². The van der Waals surface area contributed by atoms with E-state index in [1.54, 1.807) is 24.3 Å². The van der Waals surface area contributed by atoms with Crippen LogP contribution in [0.15, 0.2) is 24.3 Å². The first kappa shape index (κ1) is 11.6. The number of ether oxygens (including phenoxy) is 1. The van der Waals surface area contributed by atoms with Gasteiger partial charge in [-0.05, 0) is 24.3 Å². The Morgan fingerprint density at radius 1 is 1.41 bits per heavy atom. The second-order valence-electron chi connectivity index (χ2n) is 3.83. The number of carbonyl (C=O) groups is 2. The van der Waals surface area contributed by atoms with Gasteiger partial charge in [-0.3, -0.25) is 14.5 Å². The summed E-state index contributed by atoms with van der Waals surface area (Å²) in [5.74, 6) is -0.255. The molecule has 1 aromatic rings. The molecule has 2 amide bonds.